The minimum absolute atomic E-state index is 0.120. The molecule has 0 spiro atoms. The van der Waals surface area contributed by atoms with Crippen LogP contribution in [0.4, 0.5) is 15.8 Å². The van der Waals surface area contributed by atoms with Crippen LogP contribution in [0, 0.1) is 5.82 Å². The van der Waals surface area contributed by atoms with Gasteiger partial charge in [0.05, 0.1) is 39.8 Å². The Morgan fingerprint density at radius 2 is 1.50 bits per heavy atom. The van der Waals surface area contributed by atoms with Crippen LogP contribution >= 0.6 is 0 Å². The zero-order valence-corrected chi connectivity index (χ0v) is 20.0. The minimum atomic E-state index is -3.72. The van der Waals surface area contributed by atoms with Gasteiger partial charge >= 0.3 is 0 Å². The summed E-state index contributed by atoms with van der Waals surface area (Å²) in [6, 6.07) is 14.8. The Morgan fingerprint density at radius 3 is 2.09 bits per heavy atom. The number of halogens is 1. The van der Waals surface area contributed by atoms with Crippen molar-refractivity contribution < 1.29 is 31.8 Å². The normalized spacial score (nSPS) is 11.0. The van der Waals surface area contributed by atoms with Crippen LogP contribution in [0.15, 0.2) is 60.7 Å². The molecule has 8 nitrogen and oxygen atoms in total. The number of hydrogen-bond donors (Lipinski definition) is 1. The summed E-state index contributed by atoms with van der Waals surface area (Å²) in [6.45, 7) is -0.120. The van der Waals surface area contributed by atoms with Gasteiger partial charge in [-0.1, -0.05) is 0 Å². The van der Waals surface area contributed by atoms with Crippen LogP contribution in [0.3, 0.4) is 0 Å². The number of benzene rings is 3. The molecule has 10 heteroatoms. The molecule has 3 aromatic carbocycles. The van der Waals surface area contributed by atoms with Crippen molar-refractivity contribution in [3.63, 3.8) is 0 Å². The van der Waals surface area contributed by atoms with Gasteiger partial charge in [-0.15, -0.1) is 0 Å². The van der Waals surface area contributed by atoms with E-state index in [4.69, 9.17) is 14.2 Å². The summed E-state index contributed by atoms with van der Waals surface area (Å²) in [4.78, 5) is 12.9. The molecule has 0 heterocycles. The molecule has 0 bridgehead atoms. The zero-order chi connectivity index (χ0) is 24.9. The number of nitrogens with one attached hydrogen (secondary N) is 1. The Balaban J connectivity index is 1.91. The summed E-state index contributed by atoms with van der Waals surface area (Å²) >= 11 is 0. The van der Waals surface area contributed by atoms with E-state index in [1.165, 1.54) is 45.6 Å². The molecule has 0 unspecified atom stereocenters. The highest BCUT2D eigenvalue weighted by Gasteiger charge is 2.21. The van der Waals surface area contributed by atoms with Gasteiger partial charge < -0.3 is 19.5 Å². The molecule has 0 aliphatic heterocycles. The Bertz CT molecular complexity index is 1280. The van der Waals surface area contributed by atoms with E-state index < -0.39 is 21.7 Å². The summed E-state index contributed by atoms with van der Waals surface area (Å²) in [5.74, 6) is 0.485. The maximum absolute atomic E-state index is 13.4. The monoisotopic (exact) mass is 488 g/mol. The van der Waals surface area contributed by atoms with Crippen LogP contribution in [-0.2, 0) is 16.6 Å². The third kappa shape index (κ3) is 5.76. The molecule has 1 amide bonds. The fourth-order valence-electron chi connectivity index (χ4n) is 3.32. The number of carbonyl (C=O) groups is 1. The van der Waals surface area contributed by atoms with E-state index in [1.54, 1.807) is 36.4 Å². The number of hydrogen-bond acceptors (Lipinski definition) is 6. The number of methoxy groups -OCH3 is 3. The average Bonchev–Trinajstić information content (AvgIpc) is 2.82. The highest BCUT2D eigenvalue weighted by Crippen LogP contribution is 2.31. The lowest BCUT2D eigenvalue weighted by atomic mass is 10.1. The second-order valence-corrected chi connectivity index (χ2v) is 9.20. The van der Waals surface area contributed by atoms with Gasteiger partial charge in [-0.2, -0.15) is 0 Å². The molecule has 0 atom stereocenters. The summed E-state index contributed by atoms with van der Waals surface area (Å²) in [5, 5.41) is 2.78. The van der Waals surface area contributed by atoms with Crippen molar-refractivity contribution >= 4 is 27.3 Å². The third-order valence-corrected chi connectivity index (χ3v) is 6.15. The molecule has 0 saturated heterocycles. The maximum atomic E-state index is 13.4. The van der Waals surface area contributed by atoms with E-state index in [-0.39, 0.29) is 17.8 Å². The highest BCUT2D eigenvalue weighted by molar-refractivity contribution is 7.92. The van der Waals surface area contributed by atoms with Gasteiger partial charge in [0, 0.05) is 22.9 Å². The Morgan fingerprint density at radius 1 is 0.882 bits per heavy atom. The molecule has 180 valence electrons. The van der Waals surface area contributed by atoms with E-state index in [0.29, 0.717) is 28.5 Å². The lowest BCUT2D eigenvalue weighted by Gasteiger charge is -2.24. The molecule has 3 aromatic rings. The summed E-state index contributed by atoms with van der Waals surface area (Å²) in [7, 11) is 0.737. The van der Waals surface area contributed by atoms with Crippen LogP contribution in [0.1, 0.15) is 15.9 Å². The topological polar surface area (TPSA) is 94.2 Å². The van der Waals surface area contributed by atoms with Crippen LogP contribution in [-0.4, -0.2) is 41.9 Å². The Labute approximate surface area is 197 Å². The molecular formula is C24H25FN2O6S. The fourth-order valence-corrected chi connectivity index (χ4v) is 4.20. The molecule has 0 aliphatic rings. The smallest absolute Gasteiger partial charge is 0.255 e. The van der Waals surface area contributed by atoms with Crippen molar-refractivity contribution in [3.05, 3.63) is 77.6 Å². The minimum Gasteiger partial charge on any atom is -0.496 e. The van der Waals surface area contributed by atoms with E-state index in [9.17, 15) is 17.6 Å². The van der Waals surface area contributed by atoms with Crippen LogP contribution in [0.2, 0.25) is 0 Å². The number of rotatable bonds is 9. The first kappa shape index (κ1) is 24.8. The van der Waals surface area contributed by atoms with Gasteiger partial charge in [0.1, 0.15) is 11.6 Å². The SMILES string of the molecule is COc1ccc(C(=O)Nc2ccc(OC)c(OC)c2)cc1CN(c1ccc(F)cc1)S(C)(=O)=O. The first-order chi connectivity index (χ1) is 16.2. The van der Waals surface area contributed by atoms with E-state index in [0.717, 1.165) is 10.6 Å². The molecule has 1 N–H and O–H groups in total. The number of amides is 1. The average molecular weight is 489 g/mol. The summed E-state index contributed by atoms with van der Waals surface area (Å²) in [6.07, 6.45) is 1.05. The van der Waals surface area contributed by atoms with Crippen molar-refractivity contribution in [3.8, 4) is 17.2 Å². The van der Waals surface area contributed by atoms with Crippen LogP contribution in [0.25, 0.3) is 0 Å². The highest BCUT2D eigenvalue weighted by atomic mass is 32.2. The molecule has 3 rings (SSSR count). The molecule has 0 aromatic heterocycles. The number of ether oxygens (including phenoxy) is 3. The molecule has 0 radical (unpaired) electrons. The summed E-state index contributed by atoms with van der Waals surface area (Å²) in [5.41, 5.74) is 1.52. The quantitative estimate of drug-likeness (QED) is 0.488. The maximum Gasteiger partial charge on any atom is 0.255 e. The largest absolute Gasteiger partial charge is 0.496 e. The van der Waals surface area contributed by atoms with E-state index in [1.807, 2.05) is 0 Å². The van der Waals surface area contributed by atoms with Crippen LogP contribution in [0.5, 0.6) is 17.2 Å². The van der Waals surface area contributed by atoms with Crippen molar-refractivity contribution in [1.82, 2.24) is 0 Å². The first-order valence-corrected chi connectivity index (χ1v) is 11.9. The summed E-state index contributed by atoms with van der Waals surface area (Å²) < 4.78 is 55.3. The fraction of sp³-hybridized carbons (Fsp3) is 0.208. The van der Waals surface area contributed by atoms with Gasteiger partial charge in [0.15, 0.2) is 11.5 Å². The van der Waals surface area contributed by atoms with Crippen LogP contribution < -0.4 is 23.8 Å². The molecule has 0 saturated carbocycles. The number of nitrogens with zero attached hydrogens (tertiary/aromatic N) is 1. The molecular weight excluding hydrogens is 463 g/mol. The van der Waals surface area contributed by atoms with Crippen molar-refractivity contribution in [2.24, 2.45) is 0 Å². The predicted octanol–water partition coefficient (Wildman–Crippen LogP) is 4.07. The van der Waals surface area contributed by atoms with Gasteiger partial charge in [-0.3, -0.25) is 9.10 Å². The predicted molar refractivity (Wildman–Crippen MR) is 128 cm³/mol. The Kier molecular flexibility index (Phi) is 7.62. The third-order valence-electron chi connectivity index (χ3n) is 5.01. The van der Waals surface area contributed by atoms with Crippen molar-refractivity contribution in [1.29, 1.82) is 0 Å². The Hall–Kier alpha value is -3.79. The number of sulfonamides is 1. The molecule has 0 aliphatic carbocycles. The molecule has 34 heavy (non-hydrogen) atoms. The zero-order valence-electron chi connectivity index (χ0n) is 19.2. The van der Waals surface area contributed by atoms with E-state index >= 15 is 0 Å². The van der Waals surface area contributed by atoms with Gasteiger partial charge in [0.25, 0.3) is 5.91 Å². The standard InChI is InChI=1S/C24H25FN2O6S/c1-31-21-11-5-16(24(28)26-19-8-12-22(32-2)23(14-19)33-3)13-17(21)15-27(34(4,29)30)20-9-6-18(25)7-10-20/h5-14H,15H2,1-4H3,(H,26,28). The van der Waals surface area contributed by atoms with E-state index in [2.05, 4.69) is 5.32 Å². The first-order valence-electron chi connectivity index (χ1n) is 10.1. The molecule has 0 fully saturated rings. The second kappa shape index (κ2) is 10.4. The second-order valence-electron chi connectivity index (χ2n) is 7.30. The number of anilines is 2. The lowest BCUT2D eigenvalue weighted by Crippen LogP contribution is -2.29. The van der Waals surface area contributed by atoms with Gasteiger partial charge in [-0.05, 0) is 54.6 Å². The van der Waals surface area contributed by atoms with Crippen molar-refractivity contribution in [2.75, 3.05) is 37.2 Å². The lowest BCUT2D eigenvalue weighted by molar-refractivity contribution is 0.102. The van der Waals surface area contributed by atoms with Crippen molar-refractivity contribution in [2.45, 2.75) is 6.54 Å². The van der Waals surface area contributed by atoms with Gasteiger partial charge in [0.2, 0.25) is 10.0 Å². The van der Waals surface area contributed by atoms with Gasteiger partial charge in [-0.25, -0.2) is 12.8 Å². The number of carbonyl (C=O) groups excluding carboxylic acids is 1.